The fraction of sp³-hybridized carbons (Fsp3) is 0.514. The Morgan fingerprint density at radius 3 is 1.31 bits per heavy atom. The minimum absolute atomic E-state index is 0.00841. The number of methoxy groups -OCH3 is 6. The van der Waals surface area contributed by atoms with Crippen LogP contribution < -0.4 is 5.32 Å². The summed E-state index contributed by atoms with van der Waals surface area (Å²) in [5.74, 6) is -3.75. The van der Waals surface area contributed by atoms with Crippen LogP contribution in [0.3, 0.4) is 0 Å². The van der Waals surface area contributed by atoms with E-state index in [9.17, 15) is 33.6 Å². The second kappa shape index (κ2) is 18.5. The van der Waals surface area contributed by atoms with Gasteiger partial charge in [-0.15, -0.1) is 0 Å². The van der Waals surface area contributed by atoms with Gasteiger partial charge in [-0.1, -0.05) is 0 Å². The van der Waals surface area contributed by atoms with Crippen LogP contribution in [-0.4, -0.2) is 99.9 Å². The van der Waals surface area contributed by atoms with Crippen LogP contribution in [0.2, 0.25) is 0 Å². The summed E-state index contributed by atoms with van der Waals surface area (Å²) in [5.41, 5.74) is 2.48. The first-order valence-electron chi connectivity index (χ1n) is 16.2. The van der Waals surface area contributed by atoms with Gasteiger partial charge < -0.3 is 43.7 Å². The van der Waals surface area contributed by atoms with Crippen LogP contribution in [0.15, 0.2) is 23.5 Å². The number of hydrogen-bond acceptors (Lipinski definition) is 13. The summed E-state index contributed by atoms with van der Waals surface area (Å²) in [6, 6.07) is 0. The number of hydrogen-bond donors (Lipinski definition) is 3. The number of amides is 1. The second-order valence-corrected chi connectivity index (χ2v) is 11.9. The number of nitrogens with one attached hydrogen (secondary N) is 3. The van der Waals surface area contributed by atoms with E-state index in [2.05, 4.69) is 15.3 Å². The van der Waals surface area contributed by atoms with Gasteiger partial charge in [-0.05, 0) is 47.1 Å². The number of H-pyrrole nitrogens is 2. The molecule has 1 aliphatic rings. The highest BCUT2D eigenvalue weighted by molar-refractivity contribution is 6.00. The highest BCUT2D eigenvalue weighted by Crippen LogP contribution is 2.40. The molecule has 0 saturated heterocycles. The standard InChI is InChI=1S/C35H45N3O13/c1-46-28(39)10-7-20-18-36-26(23(20)13-31(42)49-4)16-35(25(15-33(44)51-6)22(34(45)38-35)9-12-30(41)48-3)17-27-24(14-32(43)50-5)21(19-37-27)8-11-29(40)47-2/h18-19,36-37H,7-17H2,1-6H3,(H,38,45). The lowest BCUT2D eigenvalue weighted by Crippen LogP contribution is -2.49. The predicted octanol–water partition coefficient (Wildman–Crippen LogP) is 1.45. The van der Waals surface area contributed by atoms with Crippen LogP contribution in [0.25, 0.3) is 0 Å². The van der Waals surface area contributed by atoms with Gasteiger partial charge >= 0.3 is 35.8 Å². The molecule has 0 radical (unpaired) electrons. The molecule has 51 heavy (non-hydrogen) atoms. The molecular weight excluding hydrogens is 670 g/mol. The normalized spacial score (nSPS) is 13.3. The van der Waals surface area contributed by atoms with E-state index < -0.39 is 47.3 Å². The fourth-order valence-corrected chi connectivity index (χ4v) is 6.25. The molecule has 16 heteroatoms. The van der Waals surface area contributed by atoms with Gasteiger partial charge in [0.1, 0.15) is 0 Å². The van der Waals surface area contributed by atoms with Gasteiger partial charge in [0.25, 0.3) is 0 Å². The monoisotopic (exact) mass is 715 g/mol. The summed E-state index contributed by atoms with van der Waals surface area (Å²) in [5, 5.41) is 3.07. The van der Waals surface area contributed by atoms with E-state index in [0.717, 1.165) is 0 Å². The summed E-state index contributed by atoms with van der Waals surface area (Å²) < 4.78 is 29.3. The van der Waals surface area contributed by atoms with Gasteiger partial charge in [0, 0.05) is 61.5 Å². The van der Waals surface area contributed by atoms with Crippen molar-refractivity contribution in [3.05, 3.63) is 57.2 Å². The summed E-state index contributed by atoms with van der Waals surface area (Å²) >= 11 is 0. The van der Waals surface area contributed by atoms with Gasteiger partial charge in [-0.2, -0.15) is 0 Å². The number of carbonyl (C=O) groups excluding carboxylic acids is 7. The number of aryl methyl sites for hydroxylation is 2. The Labute approximate surface area is 294 Å². The molecule has 0 aliphatic carbocycles. The lowest BCUT2D eigenvalue weighted by Gasteiger charge is -2.33. The molecule has 2 aromatic rings. The predicted molar refractivity (Wildman–Crippen MR) is 177 cm³/mol. The van der Waals surface area contributed by atoms with E-state index in [4.69, 9.17) is 28.4 Å². The Kier molecular flexibility index (Phi) is 14.6. The molecule has 0 saturated carbocycles. The summed E-state index contributed by atoms with van der Waals surface area (Å²) in [7, 11) is 7.48. The lowest BCUT2D eigenvalue weighted by atomic mass is 9.77. The molecule has 16 nitrogen and oxygen atoms in total. The van der Waals surface area contributed by atoms with E-state index >= 15 is 0 Å². The maximum atomic E-state index is 13.9. The summed E-state index contributed by atoms with van der Waals surface area (Å²) in [6.45, 7) is 0. The van der Waals surface area contributed by atoms with Gasteiger partial charge in [0.15, 0.2) is 0 Å². The Bertz CT molecular complexity index is 1580. The molecule has 1 amide bonds. The van der Waals surface area contributed by atoms with Crippen molar-refractivity contribution >= 4 is 41.7 Å². The Morgan fingerprint density at radius 1 is 0.549 bits per heavy atom. The summed E-state index contributed by atoms with van der Waals surface area (Å²) in [6.07, 6.45) is 2.93. The highest BCUT2D eigenvalue weighted by atomic mass is 16.5. The maximum absolute atomic E-state index is 13.9. The minimum atomic E-state index is -1.39. The highest BCUT2D eigenvalue weighted by Gasteiger charge is 2.47. The van der Waals surface area contributed by atoms with E-state index in [0.29, 0.717) is 39.2 Å². The number of rotatable bonds is 19. The third-order valence-electron chi connectivity index (χ3n) is 8.98. The first kappa shape index (κ1) is 40.0. The molecule has 0 atom stereocenters. The molecule has 0 bridgehead atoms. The number of aromatic nitrogens is 2. The van der Waals surface area contributed by atoms with E-state index in [1.165, 1.54) is 42.7 Å². The number of ether oxygens (including phenoxy) is 6. The first-order chi connectivity index (χ1) is 24.3. The van der Waals surface area contributed by atoms with Crippen molar-refractivity contribution in [3.63, 3.8) is 0 Å². The van der Waals surface area contributed by atoms with Crippen molar-refractivity contribution < 1.29 is 62.0 Å². The van der Waals surface area contributed by atoms with Crippen LogP contribution in [0.5, 0.6) is 0 Å². The smallest absolute Gasteiger partial charge is 0.310 e. The van der Waals surface area contributed by atoms with Crippen LogP contribution in [0.1, 0.15) is 65.7 Å². The topological polar surface area (TPSA) is 218 Å². The van der Waals surface area contributed by atoms with Crippen LogP contribution in [-0.2, 0) is 101 Å². The van der Waals surface area contributed by atoms with Crippen molar-refractivity contribution in [2.75, 3.05) is 42.7 Å². The van der Waals surface area contributed by atoms with E-state index in [-0.39, 0.29) is 76.2 Å². The van der Waals surface area contributed by atoms with Crippen LogP contribution >= 0.6 is 0 Å². The third-order valence-corrected chi connectivity index (χ3v) is 8.98. The van der Waals surface area contributed by atoms with Gasteiger partial charge in [-0.25, -0.2) is 0 Å². The molecule has 3 N–H and O–H groups in total. The van der Waals surface area contributed by atoms with E-state index in [1.54, 1.807) is 12.4 Å². The average molecular weight is 716 g/mol. The second-order valence-electron chi connectivity index (χ2n) is 11.9. The van der Waals surface area contributed by atoms with Crippen molar-refractivity contribution in [2.24, 2.45) is 0 Å². The molecule has 3 heterocycles. The zero-order valence-corrected chi connectivity index (χ0v) is 29.7. The van der Waals surface area contributed by atoms with Crippen LogP contribution in [0.4, 0.5) is 0 Å². The maximum Gasteiger partial charge on any atom is 0.310 e. The zero-order chi connectivity index (χ0) is 37.7. The number of esters is 6. The van der Waals surface area contributed by atoms with Crippen molar-refractivity contribution in [1.29, 1.82) is 0 Å². The minimum Gasteiger partial charge on any atom is -0.469 e. The molecule has 1 aliphatic heterocycles. The van der Waals surface area contributed by atoms with Crippen LogP contribution in [0, 0.1) is 0 Å². The van der Waals surface area contributed by atoms with Gasteiger partial charge in [-0.3, -0.25) is 33.6 Å². The first-order valence-corrected chi connectivity index (χ1v) is 16.2. The Balaban J connectivity index is 2.27. The van der Waals surface area contributed by atoms with Crippen molar-refractivity contribution in [1.82, 2.24) is 15.3 Å². The number of aromatic amines is 2. The van der Waals surface area contributed by atoms with E-state index in [1.807, 2.05) is 0 Å². The molecule has 2 aromatic heterocycles. The van der Waals surface area contributed by atoms with Gasteiger partial charge in [0.2, 0.25) is 5.91 Å². The molecule has 3 rings (SSSR count). The number of carbonyl (C=O) groups is 7. The third kappa shape index (κ3) is 10.3. The lowest BCUT2D eigenvalue weighted by molar-refractivity contribution is -0.141. The molecule has 0 aromatic carbocycles. The molecule has 0 unspecified atom stereocenters. The summed E-state index contributed by atoms with van der Waals surface area (Å²) in [4.78, 5) is 94.7. The molecular formula is C35H45N3O13. The quantitative estimate of drug-likeness (QED) is 0.139. The fourth-order valence-electron chi connectivity index (χ4n) is 6.25. The average Bonchev–Trinajstić information content (AvgIpc) is 3.76. The van der Waals surface area contributed by atoms with Gasteiger partial charge in [0.05, 0.1) is 67.5 Å². The largest absolute Gasteiger partial charge is 0.469 e. The molecule has 0 spiro atoms. The van der Waals surface area contributed by atoms with Crippen molar-refractivity contribution in [3.8, 4) is 0 Å². The molecule has 0 fully saturated rings. The Hall–Kier alpha value is -5.41. The van der Waals surface area contributed by atoms with Crippen molar-refractivity contribution in [2.45, 2.75) is 76.2 Å². The zero-order valence-electron chi connectivity index (χ0n) is 29.7. The molecule has 278 valence electrons. The Morgan fingerprint density at radius 2 is 0.922 bits per heavy atom. The SMILES string of the molecule is COC(=O)CCC1=C(CC(=O)OC)C(Cc2[nH]cc(CCC(=O)OC)c2CC(=O)OC)(Cc2[nH]cc(CCC(=O)OC)c2CC(=O)OC)NC1=O.